The molecule has 1 aromatic rings. The molecule has 0 radical (unpaired) electrons. The van der Waals surface area contributed by atoms with Crippen LogP contribution in [-0.2, 0) is 8.85 Å². The molecular weight excluding hydrogens is 204 g/mol. The number of benzene rings is 1. The molecule has 0 amide bonds. The van der Waals surface area contributed by atoms with E-state index in [-0.39, 0.29) is 6.10 Å². The van der Waals surface area contributed by atoms with Crippen molar-refractivity contribution < 1.29 is 8.85 Å². The van der Waals surface area contributed by atoms with Gasteiger partial charge in [0.25, 0.3) is 0 Å². The summed E-state index contributed by atoms with van der Waals surface area (Å²) in [7, 11) is -1.35. The van der Waals surface area contributed by atoms with E-state index in [0.717, 1.165) is 12.7 Å². The molecule has 15 heavy (non-hydrogen) atoms. The third kappa shape index (κ3) is 3.16. The SMILES string of the molecule is CC(O[SiH]1CCCCO1)c1ccccc1. The predicted octanol–water partition coefficient (Wildman–Crippen LogP) is 2.80. The van der Waals surface area contributed by atoms with Gasteiger partial charge in [0.05, 0.1) is 6.10 Å². The fourth-order valence-corrected chi connectivity index (χ4v) is 3.89. The smallest absolute Gasteiger partial charge is 0.321 e. The first-order valence-electron chi connectivity index (χ1n) is 5.68. The average molecular weight is 222 g/mol. The quantitative estimate of drug-likeness (QED) is 0.732. The summed E-state index contributed by atoms with van der Waals surface area (Å²) >= 11 is 0. The van der Waals surface area contributed by atoms with E-state index in [1.54, 1.807) is 0 Å². The monoisotopic (exact) mass is 222 g/mol. The maximum Gasteiger partial charge on any atom is 0.321 e. The minimum Gasteiger partial charge on any atom is -0.397 e. The Morgan fingerprint density at radius 3 is 2.73 bits per heavy atom. The van der Waals surface area contributed by atoms with Crippen LogP contribution in [0.4, 0.5) is 0 Å². The van der Waals surface area contributed by atoms with Gasteiger partial charge < -0.3 is 8.85 Å². The molecule has 2 unspecified atom stereocenters. The Morgan fingerprint density at radius 1 is 1.27 bits per heavy atom. The molecule has 1 aliphatic heterocycles. The fourth-order valence-electron chi connectivity index (χ4n) is 1.85. The first-order valence-corrected chi connectivity index (χ1v) is 7.44. The summed E-state index contributed by atoms with van der Waals surface area (Å²) < 4.78 is 11.7. The van der Waals surface area contributed by atoms with Crippen LogP contribution in [0, 0.1) is 0 Å². The van der Waals surface area contributed by atoms with E-state index >= 15 is 0 Å². The van der Waals surface area contributed by atoms with Gasteiger partial charge in [0.1, 0.15) is 0 Å². The standard InChI is InChI=1S/C12H18O2Si/c1-11(12-7-3-2-4-8-12)14-15-10-6-5-9-13-15/h2-4,7-8,11,15H,5-6,9-10H2,1H3. The van der Waals surface area contributed by atoms with Gasteiger partial charge in [0, 0.05) is 6.61 Å². The normalized spacial score (nSPS) is 23.7. The Morgan fingerprint density at radius 2 is 2.07 bits per heavy atom. The van der Waals surface area contributed by atoms with Gasteiger partial charge in [0.2, 0.25) is 0 Å². The maximum atomic E-state index is 5.99. The van der Waals surface area contributed by atoms with Crippen LogP contribution in [0.5, 0.6) is 0 Å². The van der Waals surface area contributed by atoms with Crippen molar-refractivity contribution in [2.24, 2.45) is 0 Å². The minimum atomic E-state index is -1.35. The molecule has 2 rings (SSSR count). The van der Waals surface area contributed by atoms with Gasteiger partial charge in [0.15, 0.2) is 0 Å². The lowest BCUT2D eigenvalue weighted by molar-refractivity contribution is 0.134. The molecule has 0 spiro atoms. The predicted molar refractivity (Wildman–Crippen MR) is 63.1 cm³/mol. The van der Waals surface area contributed by atoms with Crippen molar-refractivity contribution in [2.45, 2.75) is 31.9 Å². The number of hydrogen-bond acceptors (Lipinski definition) is 2. The number of hydrogen-bond donors (Lipinski definition) is 0. The average Bonchev–Trinajstić information content (AvgIpc) is 2.31. The van der Waals surface area contributed by atoms with Crippen molar-refractivity contribution in [3.05, 3.63) is 35.9 Å². The molecule has 1 aliphatic rings. The van der Waals surface area contributed by atoms with E-state index in [1.807, 2.05) is 6.07 Å². The maximum absolute atomic E-state index is 5.99. The van der Waals surface area contributed by atoms with Gasteiger partial charge in [-0.05, 0) is 31.4 Å². The highest BCUT2D eigenvalue weighted by molar-refractivity contribution is 6.44. The molecule has 0 bridgehead atoms. The van der Waals surface area contributed by atoms with Crippen LogP contribution < -0.4 is 0 Å². The van der Waals surface area contributed by atoms with Crippen molar-refractivity contribution in [1.29, 1.82) is 0 Å². The Kier molecular flexibility index (Phi) is 3.94. The second-order valence-corrected chi connectivity index (χ2v) is 6.03. The van der Waals surface area contributed by atoms with Gasteiger partial charge >= 0.3 is 9.28 Å². The van der Waals surface area contributed by atoms with Crippen molar-refractivity contribution in [2.75, 3.05) is 6.61 Å². The van der Waals surface area contributed by atoms with Gasteiger partial charge in [-0.25, -0.2) is 0 Å². The molecule has 1 saturated heterocycles. The topological polar surface area (TPSA) is 18.5 Å². The van der Waals surface area contributed by atoms with Crippen LogP contribution >= 0.6 is 0 Å². The molecule has 0 aromatic heterocycles. The van der Waals surface area contributed by atoms with Gasteiger partial charge in [-0.1, -0.05) is 30.3 Å². The van der Waals surface area contributed by atoms with Crippen molar-refractivity contribution in [3.63, 3.8) is 0 Å². The van der Waals surface area contributed by atoms with Crippen molar-refractivity contribution in [1.82, 2.24) is 0 Å². The lowest BCUT2D eigenvalue weighted by Crippen LogP contribution is -2.28. The Labute approximate surface area is 93.1 Å². The van der Waals surface area contributed by atoms with Gasteiger partial charge in [-0.15, -0.1) is 0 Å². The summed E-state index contributed by atoms with van der Waals surface area (Å²) in [5.74, 6) is 0. The van der Waals surface area contributed by atoms with E-state index in [1.165, 1.54) is 18.4 Å². The van der Waals surface area contributed by atoms with Crippen LogP contribution in [0.2, 0.25) is 6.04 Å². The molecule has 2 atom stereocenters. The van der Waals surface area contributed by atoms with Gasteiger partial charge in [-0.2, -0.15) is 0 Å². The lowest BCUT2D eigenvalue weighted by atomic mass is 10.1. The summed E-state index contributed by atoms with van der Waals surface area (Å²) in [6.45, 7) is 3.01. The van der Waals surface area contributed by atoms with Crippen LogP contribution in [0.25, 0.3) is 0 Å². The highest BCUT2D eigenvalue weighted by atomic mass is 28.3. The molecule has 82 valence electrons. The zero-order chi connectivity index (χ0) is 10.5. The summed E-state index contributed by atoms with van der Waals surface area (Å²) in [5.41, 5.74) is 1.25. The summed E-state index contributed by atoms with van der Waals surface area (Å²) in [6.07, 6.45) is 2.66. The third-order valence-corrected chi connectivity index (χ3v) is 4.96. The van der Waals surface area contributed by atoms with Crippen LogP contribution in [0.1, 0.15) is 31.4 Å². The molecule has 2 nitrogen and oxygen atoms in total. The molecule has 0 saturated carbocycles. The minimum absolute atomic E-state index is 0.181. The van der Waals surface area contributed by atoms with Crippen LogP contribution in [-0.4, -0.2) is 15.9 Å². The molecule has 3 heteroatoms. The zero-order valence-corrected chi connectivity index (χ0v) is 10.3. The number of rotatable bonds is 3. The van der Waals surface area contributed by atoms with Crippen molar-refractivity contribution in [3.8, 4) is 0 Å². The Bertz CT molecular complexity index is 283. The zero-order valence-electron chi connectivity index (χ0n) is 9.19. The van der Waals surface area contributed by atoms with Crippen LogP contribution in [0.3, 0.4) is 0 Å². The van der Waals surface area contributed by atoms with Crippen LogP contribution in [0.15, 0.2) is 30.3 Å². The largest absolute Gasteiger partial charge is 0.397 e. The van der Waals surface area contributed by atoms with E-state index in [0.29, 0.717) is 0 Å². The van der Waals surface area contributed by atoms with E-state index in [9.17, 15) is 0 Å². The highest BCUT2D eigenvalue weighted by Crippen LogP contribution is 2.21. The molecule has 0 N–H and O–H groups in total. The van der Waals surface area contributed by atoms with E-state index in [2.05, 4.69) is 31.2 Å². The van der Waals surface area contributed by atoms with E-state index in [4.69, 9.17) is 8.85 Å². The fraction of sp³-hybridized carbons (Fsp3) is 0.500. The third-order valence-electron chi connectivity index (χ3n) is 2.76. The summed E-state index contributed by atoms with van der Waals surface area (Å²) in [5, 5.41) is 0. The molecule has 1 heterocycles. The Hall–Kier alpha value is -0.643. The van der Waals surface area contributed by atoms with Crippen molar-refractivity contribution >= 4 is 9.28 Å². The Balaban J connectivity index is 1.88. The second kappa shape index (κ2) is 5.44. The van der Waals surface area contributed by atoms with Gasteiger partial charge in [-0.3, -0.25) is 0 Å². The summed E-state index contributed by atoms with van der Waals surface area (Å²) in [6, 6.07) is 11.5. The molecule has 1 fully saturated rings. The second-order valence-electron chi connectivity index (χ2n) is 3.99. The first-order chi connectivity index (χ1) is 7.36. The van der Waals surface area contributed by atoms with E-state index < -0.39 is 9.28 Å². The molecular formula is C12H18O2Si. The first kappa shape index (κ1) is 10.9. The molecule has 0 aliphatic carbocycles. The molecule has 1 aromatic carbocycles. The highest BCUT2D eigenvalue weighted by Gasteiger charge is 2.20. The summed E-state index contributed by atoms with van der Waals surface area (Å²) in [4.78, 5) is 0. The lowest BCUT2D eigenvalue weighted by Gasteiger charge is -2.24.